The molecule has 0 unspecified atom stereocenters. The molecule has 0 atom stereocenters. The van der Waals surface area contributed by atoms with Crippen LogP contribution in [0.25, 0.3) is 0 Å². The number of methoxy groups -OCH3 is 3. The quantitative estimate of drug-likeness (QED) is 0.621. The first-order chi connectivity index (χ1) is 8.87. The molecule has 19 heavy (non-hydrogen) atoms. The maximum absolute atomic E-state index is 11.2. The number of Topliss-reactive ketones (excluding diaryl/α,β-unsaturated/α-hetero) is 1. The first-order valence-electron chi connectivity index (χ1n) is 5.10. The molecule has 1 rings (SSSR count). The van der Waals surface area contributed by atoms with E-state index in [4.69, 9.17) is 49.0 Å². The van der Waals surface area contributed by atoms with Gasteiger partial charge in [-0.25, -0.2) is 0 Å². The van der Waals surface area contributed by atoms with Crippen LogP contribution in [0, 0.1) is 0 Å². The zero-order chi connectivity index (χ0) is 15.0. The molecule has 0 saturated carbocycles. The Morgan fingerprint density at radius 1 is 1.00 bits per heavy atom. The predicted molar refractivity (Wildman–Crippen MR) is 77.4 cm³/mol. The van der Waals surface area contributed by atoms with Crippen LogP contribution in [0.3, 0.4) is 0 Å². The van der Waals surface area contributed by atoms with Gasteiger partial charge in [0.25, 0.3) is 0 Å². The molecule has 108 valence electrons. The van der Waals surface area contributed by atoms with Crippen LogP contribution in [0.4, 0.5) is 0 Å². The molecular weight excluding hydrogens is 314 g/mol. The average Bonchev–Trinajstić information content (AvgIpc) is 2.35. The average molecular weight is 330 g/mol. The minimum Gasteiger partial charge on any atom is -0.493 e. The zero-order valence-electron chi connectivity index (χ0n) is 11.0. The molecule has 7 heteroatoms. The molecule has 0 N–H and O–H groups in total. The van der Waals surface area contributed by atoms with Crippen LogP contribution in [0.5, 0.6) is 17.2 Å². The van der Waals surface area contributed by atoms with Gasteiger partial charge in [0.05, 0.1) is 21.3 Å². The van der Waals surface area contributed by atoms with E-state index >= 15 is 0 Å². The smallest absolute Gasteiger partial charge is 0.203 e. The number of benzene rings is 1. The van der Waals surface area contributed by atoms with E-state index in [1.165, 1.54) is 28.3 Å². The number of alkyl halides is 3. The van der Waals surface area contributed by atoms with Crippen molar-refractivity contribution in [2.24, 2.45) is 0 Å². The molecule has 0 heterocycles. The van der Waals surface area contributed by atoms with Crippen LogP contribution in [-0.2, 0) is 0 Å². The van der Waals surface area contributed by atoms with E-state index in [0.717, 1.165) is 0 Å². The lowest BCUT2D eigenvalue weighted by molar-refractivity contribution is 0.101. The Bertz CT molecular complexity index is 394. The van der Waals surface area contributed by atoms with Crippen LogP contribution >= 0.6 is 34.8 Å². The molecule has 0 bridgehead atoms. The molecular formula is C12H15Cl3O4. The highest BCUT2D eigenvalue weighted by atomic mass is 35.6. The summed E-state index contributed by atoms with van der Waals surface area (Å²) in [6, 6.07) is 3.26. The first-order valence-corrected chi connectivity index (χ1v) is 6.41. The summed E-state index contributed by atoms with van der Waals surface area (Å²) in [6.45, 7) is 1.49. The second-order valence-electron chi connectivity index (χ2n) is 3.22. The van der Waals surface area contributed by atoms with E-state index in [2.05, 4.69) is 0 Å². The van der Waals surface area contributed by atoms with Crippen molar-refractivity contribution < 1.29 is 19.0 Å². The van der Waals surface area contributed by atoms with Gasteiger partial charge in [-0.15, -0.1) is 0 Å². The largest absolute Gasteiger partial charge is 0.493 e. The number of carbonyl (C=O) groups is 1. The summed E-state index contributed by atoms with van der Waals surface area (Å²) in [4.78, 5) is 11.2. The fraction of sp³-hybridized carbons (Fsp3) is 0.417. The highest BCUT2D eigenvalue weighted by Gasteiger charge is 2.14. The molecule has 0 spiro atoms. The molecule has 1 aromatic carbocycles. The molecule has 0 aliphatic heterocycles. The lowest BCUT2D eigenvalue weighted by Crippen LogP contribution is -1.99. The maximum atomic E-state index is 11.2. The van der Waals surface area contributed by atoms with Gasteiger partial charge in [0.15, 0.2) is 21.6 Å². The van der Waals surface area contributed by atoms with Crippen LogP contribution in [-0.4, -0.2) is 31.4 Å². The normalized spacial score (nSPS) is 9.47. The fourth-order valence-corrected chi connectivity index (χ4v) is 1.28. The van der Waals surface area contributed by atoms with Gasteiger partial charge in [0.2, 0.25) is 5.75 Å². The topological polar surface area (TPSA) is 44.8 Å². The SMILES string of the molecule is COc1cc(C(C)=O)cc(OC)c1OC.ClC(Cl)Cl. The van der Waals surface area contributed by atoms with Gasteiger partial charge in [0, 0.05) is 5.56 Å². The minimum atomic E-state index is -0.750. The standard InChI is InChI=1S/C11H14O4.CHCl3/c1-7(12)8-5-9(13-2)11(15-4)10(6-8)14-3;2-1(3)4/h5-6H,1-4H3;1H. The van der Waals surface area contributed by atoms with Crippen molar-refractivity contribution in [2.45, 2.75) is 11.2 Å². The lowest BCUT2D eigenvalue weighted by atomic mass is 10.1. The van der Waals surface area contributed by atoms with Crippen molar-refractivity contribution in [3.63, 3.8) is 0 Å². The van der Waals surface area contributed by atoms with Gasteiger partial charge < -0.3 is 14.2 Å². The number of ether oxygens (including phenoxy) is 3. The third-order valence-corrected chi connectivity index (χ3v) is 2.07. The Balaban J connectivity index is 0.000000711. The van der Waals surface area contributed by atoms with E-state index < -0.39 is 4.30 Å². The van der Waals surface area contributed by atoms with Gasteiger partial charge in [-0.3, -0.25) is 4.79 Å². The van der Waals surface area contributed by atoms with Crippen molar-refractivity contribution in [2.75, 3.05) is 21.3 Å². The maximum Gasteiger partial charge on any atom is 0.203 e. The van der Waals surface area contributed by atoms with Gasteiger partial charge in [-0.1, -0.05) is 34.8 Å². The number of halogens is 3. The summed E-state index contributed by atoms with van der Waals surface area (Å²) in [6.07, 6.45) is 0. The molecule has 0 fully saturated rings. The zero-order valence-corrected chi connectivity index (χ0v) is 13.3. The molecule has 0 aromatic heterocycles. The summed E-state index contributed by atoms with van der Waals surface area (Å²) in [5.74, 6) is 1.42. The van der Waals surface area contributed by atoms with Crippen molar-refractivity contribution >= 4 is 40.6 Å². The Morgan fingerprint density at radius 2 is 1.37 bits per heavy atom. The van der Waals surface area contributed by atoms with Crippen LogP contribution in [0.2, 0.25) is 0 Å². The minimum absolute atomic E-state index is 0.0470. The molecule has 0 amide bonds. The van der Waals surface area contributed by atoms with Gasteiger partial charge in [0.1, 0.15) is 0 Å². The summed E-state index contributed by atoms with van der Waals surface area (Å²) < 4.78 is 14.6. The van der Waals surface area contributed by atoms with E-state index in [1.54, 1.807) is 12.1 Å². The second kappa shape index (κ2) is 9.13. The van der Waals surface area contributed by atoms with E-state index in [1.807, 2.05) is 0 Å². The van der Waals surface area contributed by atoms with E-state index in [9.17, 15) is 4.79 Å². The summed E-state index contributed by atoms with van der Waals surface area (Å²) in [7, 11) is 4.55. The van der Waals surface area contributed by atoms with Gasteiger partial charge >= 0.3 is 0 Å². The predicted octanol–water partition coefficient (Wildman–Crippen LogP) is 3.90. The van der Waals surface area contributed by atoms with Crippen molar-refractivity contribution in [1.29, 1.82) is 0 Å². The molecule has 0 aliphatic rings. The summed E-state index contributed by atoms with van der Waals surface area (Å²) in [5.41, 5.74) is 0.532. The van der Waals surface area contributed by atoms with Gasteiger partial charge in [-0.05, 0) is 19.1 Å². The molecule has 1 aromatic rings. The van der Waals surface area contributed by atoms with Crippen molar-refractivity contribution in [1.82, 2.24) is 0 Å². The molecule has 0 saturated heterocycles. The fourth-order valence-electron chi connectivity index (χ4n) is 1.28. The number of ketones is 1. The van der Waals surface area contributed by atoms with Crippen molar-refractivity contribution in [3.8, 4) is 17.2 Å². The second-order valence-corrected chi connectivity index (χ2v) is 5.20. The van der Waals surface area contributed by atoms with Crippen LogP contribution in [0.1, 0.15) is 17.3 Å². The number of hydrogen-bond donors (Lipinski definition) is 0. The number of hydrogen-bond acceptors (Lipinski definition) is 4. The lowest BCUT2D eigenvalue weighted by Gasteiger charge is -2.12. The highest BCUT2D eigenvalue weighted by Crippen LogP contribution is 2.38. The molecule has 4 nitrogen and oxygen atoms in total. The summed E-state index contributed by atoms with van der Waals surface area (Å²) in [5, 5.41) is 0. The number of carbonyl (C=O) groups excluding carboxylic acids is 1. The third-order valence-electron chi connectivity index (χ3n) is 2.07. The Labute approximate surface area is 127 Å². The monoisotopic (exact) mass is 328 g/mol. The van der Waals surface area contributed by atoms with Crippen LogP contribution in [0.15, 0.2) is 12.1 Å². The first kappa shape index (κ1) is 18.2. The van der Waals surface area contributed by atoms with E-state index in [-0.39, 0.29) is 5.78 Å². The van der Waals surface area contributed by atoms with Gasteiger partial charge in [-0.2, -0.15) is 0 Å². The van der Waals surface area contributed by atoms with Crippen molar-refractivity contribution in [3.05, 3.63) is 17.7 Å². The third kappa shape index (κ3) is 6.23. The number of rotatable bonds is 4. The van der Waals surface area contributed by atoms with E-state index in [0.29, 0.717) is 22.8 Å². The summed E-state index contributed by atoms with van der Waals surface area (Å²) >= 11 is 14.4. The molecule has 0 radical (unpaired) electrons. The Hall–Kier alpha value is -0.840. The van der Waals surface area contributed by atoms with Crippen LogP contribution < -0.4 is 14.2 Å². The Kier molecular flexibility index (Phi) is 8.72. The Morgan fingerprint density at radius 3 is 1.58 bits per heavy atom. The highest BCUT2D eigenvalue weighted by molar-refractivity contribution is 6.63. The molecule has 0 aliphatic carbocycles.